The fraction of sp³-hybridized carbons (Fsp3) is 0.900. The van der Waals surface area contributed by atoms with E-state index < -0.39 is 0 Å². The molecule has 74 valence electrons. The molecule has 1 saturated carbocycles. The Balaban J connectivity index is 1.66. The molecule has 2 aliphatic rings. The van der Waals surface area contributed by atoms with E-state index in [1.54, 1.807) is 0 Å². The summed E-state index contributed by atoms with van der Waals surface area (Å²) in [6, 6.07) is 0.776. The number of nitrogens with one attached hydrogen (secondary N) is 1. The van der Waals surface area contributed by atoms with E-state index in [4.69, 9.17) is 0 Å². The summed E-state index contributed by atoms with van der Waals surface area (Å²) in [4.78, 5) is 4.44. The van der Waals surface area contributed by atoms with Crippen molar-refractivity contribution >= 4 is 16.8 Å². The maximum absolute atomic E-state index is 4.44. The Morgan fingerprint density at radius 3 is 2.85 bits per heavy atom. The van der Waals surface area contributed by atoms with Crippen LogP contribution in [-0.4, -0.2) is 29.9 Å². The van der Waals surface area contributed by atoms with Crippen LogP contribution in [0.25, 0.3) is 0 Å². The fourth-order valence-electron chi connectivity index (χ4n) is 2.02. The topological polar surface area (TPSA) is 24.4 Å². The highest BCUT2D eigenvalue weighted by Gasteiger charge is 2.14. The molecule has 0 aromatic heterocycles. The van der Waals surface area contributed by atoms with Crippen molar-refractivity contribution in [2.24, 2.45) is 4.99 Å². The maximum Gasteiger partial charge on any atom is 0.0815 e. The molecule has 1 N–H and O–H groups in total. The standard InChI is InChI=1S/C10H18N2S/c1-2-4-9(5-3-1)12-8-10-11-6-7-13-10/h9,12H,1-8H2. The molecule has 1 fully saturated rings. The van der Waals surface area contributed by atoms with Crippen molar-refractivity contribution in [3.63, 3.8) is 0 Å². The van der Waals surface area contributed by atoms with Crippen molar-refractivity contribution in [3.05, 3.63) is 0 Å². The van der Waals surface area contributed by atoms with E-state index in [1.807, 2.05) is 11.8 Å². The normalized spacial score (nSPS) is 24.8. The van der Waals surface area contributed by atoms with Gasteiger partial charge in [0.25, 0.3) is 0 Å². The van der Waals surface area contributed by atoms with Crippen LogP contribution in [-0.2, 0) is 0 Å². The highest BCUT2D eigenvalue weighted by Crippen LogP contribution is 2.18. The largest absolute Gasteiger partial charge is 0.308 e. The van der Waals surface area contributed by atoms with E-state index >= 15 is 0 Å². The zero-order chi connectivity index (χ0) is 8.93. The summed E-state index contributed by atoms with van der Waals surface area (Å²) in [7, 11) is 0. The number of thioether (sulfide) groups is 1. The number of hydrogen-bond acceptors (Lipinski definition) is 3. The molecular formula is C10H18N2S. The smallest absolute Gasteiger partial charge is 0.0815 e. The minimum atomic E-state index is 0.776. The zero-order valence-corrected chi connectivity index (χ0v) is 8.91. The molecule has 0 spiro atoms. The summed E-state index contributed by atoms with van der Waals surface area (Å²) in [5.74, 6) is 1.20. The third-order valence-corrected chi connectivity index (χ3v) is 3.79. The molecule has 0 amide bonds. The van der Waals surface area contributed by atoms with E-state index in [-0.39, 0.29) is 0 Å². The molecular weight excluding hydrogens is 180 g/mol. The summed E-state index contributed by atoms with van der Waals surface area (Å²) in [5.41, 5.74) is 0. The average molecular weight is 198 g/mol. The highest BCUT2D eigenvalue weighted by molar-refractivity contribution is 8.14. The maximum atomic E-state index is 4.44. The molecule has 0 saturated heterocycles. The third-order valence-electron chi connectivity index (χ3n) is 2.80. The Morgan fingerprint density at radius 1 is 1.31 bits per heavy atom. The van der Waals surface area contributed by atoms with Crippen LogP contribution in [0.1, 0.15) is 32.1 Å². The number of hydrogen-bond donors (Lipinski definition) is 1. The third kappa shape index (κ3) is 2.99. The summed E-state index contributed by atoms with van der Waals surface area (Å²) >= 11 is 1.92. The molecule has 3 heteroatoms. The van der Waals surface area contributed by atoms with Gasteiger partial charge in [0.05, 0.1) is 5.04 Å². The van der Waals surface area contributed by atoms with Crippen molar-refractivity contribution in [1.82, 2.24) is 5.32 Å². The lowest BCUT2D eigenvalue weighted by Crippen LogP contribution is -2.34. The van der Waals surface area contributed by atoms with Crippen LogP contribution >= 0.6 is 11.8 Å². The molecule has 0 aromatic carbocycles. The van der Waals surface area contributed by atoms with Crippen LogP contribution in [0.5, 0.6) is 0 Å². The van der Waals surface area contributed by atoms with E-state index in [9.17, 15) is 0 Å². The lowest BCUT2D eigenvalue weighted by Gasteiger charge is -2.22. The van der Waals surface area contributed by atoms with E-state index in [0.717, 1.165) is 19.1 Å². The van der Waals surface area contributed by atoms with Crippen LogP contribution in [0.2, 0.25) is 0 Å². The van der Waals surface area contributed by atoms with Gasteiger partial charge in [-0.3, -0.25) is 4.99 Å². The van der Waals surface area contributed by atoms with Crippen LogP contribution in [0.3, 0.4) is 0 Å². The van der Waals surface area contributed by atoms with E-state index in [2.05, 4.69) is 10.3 Å². The predicted octanol–water partition coefficient (Wildman–Crippen LogP) is 2.05. The average Bonchev–Trinajstić information content (AvgIpc) is 2.69. The summed E-state index contributed by atoms with van der Waals surface area (Å²) in [5, 5.41) is 4.94. The minimum absolute atomic E-state index is 0.776. The molecule has 1 heterocycles. The highest BCUT2D eigenvalue weighted by atomic mass is 32.2. The first-order chi connectivity index (χ1) is 6.45. The quantitative estimate of drug-likeness (QED) is 0.750. The Labute approximate surface area is 84.6 Å². The van der Waals surface area contributed by atoms with Gasteiger partial charge in [-0.1, -0.05) is 19.3 Å². The molecule has 0 aromatic rings. The van der Waals surface area contributed by atoms with Gasteiger partial charge in [0.2, 0.25) is 0 Å². The van der Waals surface area contributed by atoms with Crippen molar-refractivity contribution in [3.8, 4) is 0 Å². The first-order valence-corrected chi connectivity index (χ1v) is 6.33. The molecule has 2 nitrogen and oxygen atoms in total. The van der Waals surface area contributed by atoms with Gasteiger partial charge in [0.15, 0.2) is 0 Å². The van der Waals surface area contributed by atoms with Gasteiger partial charge < -0.3 is 5.32 Å². The fourth-order valence-corrected chi connectivity index (χ4v) is 2.81. The Bertz CT molecular complexity index is 185. The van der Waals surface area contributed by atoms with Gasteiger partial charge in [-0.25, -0.2) is 0 Å². The zero-order valence-electron chi connectivity index (χ0n) is 8.09. The monoisotopic (exact) mass is 198 g/mol. The van der Waals surface area contributed by atoms with E-state index in [0.29, 0.717) is 0 Å². The van der Waals surface area contributed by atoms with Crippen molar-refractivity contribution in [2.75, 3.05) is 18.8 Å². The van der Waals surface area contributed by atoms with E-state index in [1.165, 1.54) is 42.9 Å². The Kier molecular flexibility index (Phi) is 3.67. The van der Waals surface area contributed by atoms with Crippen LogP contribution < -0.4 is 5.32 Å². The number of nitrogens with zero attached hydrogens (tertiary/aromatic N) is 1. The predicted molar refractivity (Wildman–Crippen MR) is 59.6 cm³/mol. The van der Waals surface area contributed by atoms with Gasteiger partial charge >= 0.3 is 0 Å². The van der Waals surface area contributed by atoms with Crippen LogP contribution in [0, 0.1) is 0 Å². The Morgan fingerprint density at radius 2 is 2.15 bits per heavy atom. The Hall–Kier alpha value is -0.0200. The first-order valence-electron chi connectivity index (χ1n) is 5.34. The van der Waals surface area contributed by atoms with Crippen molar-refractivity contribution < 1.29 is 0 Å². The second-order valence-electron chi connectivity index (χ2n) is 3.84. The van der Waals surface area contributed by atoms with Crippen LogP contribution in [0.15, 0.2) is 4.99 Å². The molecule has 1 aliphatic heterocycles. The van der Waals surface area contributed by atoms with Crippen molar-refractivity contribution in [2.45, 2.75) is 38.1 Å². The molecule has 13 heavy (non-hydrogen) atoms. The lowest BCUT2D eigenvalue weighted by atomic mass is 9.96. The minimum Gasteiger partial charge on any atom is -0.308 e. The second-order valence-corrected chi connectivity index (χ2v) is 5.01. The number of rotatable bonds is 3. The molecule has 0 unspecified atom stereocenters. The van der Waals surface area contributed by atoms with Gasteiger partial charge in [0.1, 0.15) is 0 Å². The lowest BCUT2D eigenvalue weighted by molar-refractivity contribution is 0.388. The summed E-state index contributed by atoms with van der Waals surface area (Å²) in [6.45, 7) is 2.06. The number of aliphatic imine (C=N–C) groups is 1. The summed E-state index contributed by atoms with van der Waals surface area (Å²) in [6.07, 6.45) is 7.01. The van der Waals surface area contributed by atoms with Crippen molar-refractivity contribution in [1.29, 1.82) is 0 Å². The second kappa shape index (κ2) is 5.01. The molecule has 0 bridgehead atoms. The van der Waals surface area contributed by atoms with Gasteiger partial charge in [-0.05, 0) is 12.8 Å². The summed E-state index contributed by atoms with van der Waals surface area (Å²) < 4.78 is 0. The first kappa shape index (κ1) is 9.53. The van der Waals surface area contributed by atoms with Gasteiger partial charge in [-0.15, -0.1) is 11.8 Å². The van der Waals surface area contributed by atoms with Gasteiger partial charge in [-0.2, -0.15) is 0 Å². The van der Waals surface area contributed by atoms with Gasteiger partial charge in [0, 0.05) is 24.9 Å². The molecule has 0 atom stereocenters. The molecule has 2 rings (SSSR count). The SMILES string of the molecule is C1CCC(NCC2=NCCS2)CC1. The molecule has 0 radical (unpaired) electrons. The van der Waals surface area contributed by atoms with Crippen LogP contribution in [0.4, 0.5) is 0 Å². The molecule has 1 aliphatic carbocycles.